The van der Waals surface area contributed by atoms with Gasteiger partial charge in [0.1, 0.15) is 5.82 Å². The van der Waals surface area contributed by atoms with Gasteiger partial charge in [-0.1, -0.05) is 49.9 Å². The molecule has 0 saturated carbocycles. The second kappa shape index (κ2) is 14.3. The highest BCUT2D eigenvalue weighted by molar-refractivity contribution is 7.99. The molecule has 220 valence electrons. The molecular formula is C29H34F3N5O3S. The number of imidazole rings is 1. The number of hydrogen-bond donors (Lipinski definition) is 2. The van der Waals surface area contributed by atoms with Crippen LogP contribution in [0.3, 0.4) is 0 Å². The molecule has 0 bridgehead atoms. The van der Waals surface area contributed by atoms with E-state index < -0.39 is 12.1 Å². The topological polar surface area (TPSA) is 104 Å². The van der Waals surface area contributed by atoms with Gasteiger partial charge in [0.05, 0.1) is 28.7 Å². The molecule has 3 heterocycles. The highest BCUT2D eigenvalue weighted by Crippen LogP contribution is 2.27. The number of likely N-dealkylation sites (tertiary alicyclic amines) is 1. The molecule has 2 aromatic heterocycles. The summed E-state index contributed by atoms with van der Waals surface area (Å²) in [6.45, 7) is 5.96. The maximum Gasteiger partial charge on any atom is 0.490 e. The standard InChI is InChI=1S/C26H29N5OS.C2HF3O2.CH4/c1-19-6-5-9-23-25(19)28-24(29-26(23)32)17-33-22-10-12-30(13-11-22)16-21-14-27-18-31(21)15-20-7-3-2-4-8-20;3-2(4,5)1(6)7;/h2-9,14,18,22H,10-13,15-17H2,1H3,(H,28,29,32);(H,6,7);1H4. The zero-order chi connectivity index (χ0) is 28.7. The molecule has 1 saturated heterocycles. The highest BCUT2D eigenvalue weighted by Gasteiger charge is 2.38. The van der Waals surface area contributed by atoms with Crippen molar-refractivity contribution in [2.75, 3.05) is 13.1 Å². The SMILES string of the molecule is C.Cc1cccc2c(=O)[nH]c(CSC3CCN(Cc4cncn4Cc4ccccc4)CC3)nc12.O=C(O)C(F)(F)F. The van der Waals surface area contributed by atoms with E-state index in [0.29, 0.717) is 10.6 Å². The van der Waals surface area contributed by atoms with Crippen molar-refractivity contribution in [3.8, 4) is 0 Å². The van der Waals surface area contributed by atoms with Crippen molar-refractivity contribution < 1.29 is 23.1 Å². The van der Waals surface area contributed by atoms with Crippen LogP contribution in [0.15, 0.2) is 65.8 Å². The average molecular weight is 590 g/mol. The number of benzene rings is 2. The summed E-state index contributed by atoms with van der Waals surface area (Å²) in [6.07, 6.45) is 1.14. The number of aromatic amines is 1. The lowest BCUT2D eigenvalue weighted by atomic mass is 10.1. The fraction of sp³-hybridized carbons (Fsp3) is 0.379. The maximum atomic E-state index is 12.4. The van der Waals surface area contributed by atoms with Gasteiger partial charge in [0.2, 0.25) is 0 Å². The lowest BCUT2D eigenvalue weighted by Crippen LogP contribution is -2.35. The second-order valence-corrected chi connectivity index (χ2v) is 10.9. The van der Waals surface area contributed by atoms with E-state index in [1.807, 2.05) is 49.4 Å². The second-order valence-electron chi connectivity index (χ2n) is 9.57. The summed E-state index contributed by atoms with van der Waals surface area (Å²) in [6, 6.07) is 16.3. The molecule has 0 radical (unpaired) electrons. The van der Waals surface area contributed by atoms with Crippen molar-refractivity contribution in [3.05, 3.63) is 94.1 Å². The summed E-state index contributed by atoms with van der Waals surface area (Å²) in [4.78, 5) is 35.9. The molecule has 0 unspecified atom stereocenters. The summed E-state index contributed by atoms with van der Waals surface area (Å²) >= 11 is 1.91. The van der Waals surface area contributed by atoms with E-state index in [4.69, 9.17) is 14.9 Å². The molecule has 5 rings (SSSR count). The van der Waals surface area contributed by atoms with Crippen LogP contribution in [0.1, 0.15) is 42.9 Å². The Labute approximate surface area is 240 Å². The number of hydrogen-bond acceptors (Lipinski definition) is 6. The summed E-state index contributed by atoms with van der Waals surface area (Å²) in [5.74, 6) is -1.24. The Balaban J connectivity index is 0.000000516. The Kier molecular flexibility index (Phi) is 11.1. The molecule has 8 nitrogen and oxygen atoms in total. The van der Waals surface area contributed by atoms with Crippen LogP contribution in [-0.2, 0) is 23.6 Å². The van der Waals surface area contributed by atoms with Crippen molar-refractivity contribution >= 4 is 28.6 Å². The number of carboxylic acids is 1. The summed E-state index contributed by atoms with van der Waals surface area (Å²) < 4.78 is 34.0. The van der Waals surface area contributed by atoms with Crippen LogP contribution >= 0.6 is 11.8 Å². The Morgan fingerprint density at radius 3 is 2.44 bits per heavy atom. The van der Waals surface area contributed by atoms with Crippen LogP contribution in [-0.4, -0.2) is 60.0 Å². The first-order valence-electron chi connectivity index (χ1n) is 12.8. The van der Waals surface area contributed by atoms with E-state index >= 15 is 0 Å². The van der Waals surface area contributed by atoms with Crippen molar-refractivity contribution in [3.63, 3.8) is 0 Å². The van der Waals surface area contributed by atoms with E-state index in [1.165, 1.54) is 11.3 Å². The Bertz CT molecular complexity index is 1480. The minimum absolute atomic E-state index is 0. The number of piperidine rings is 1. The number of carbonyl (C=O) groups is 1. The van der Waals surface area contributed by atoms with E-state index in [0.717, 1.165) is 61.7 Å². The van der Waals surface area contributed by atoms with Gasteiger partial charge in [-0.3, -0.25) is 9.69 Å². The van der Waals surface area contributed by atoms with Crippen LogP contribution in [0.5, 0.6) is 0 Å². The molecule has 0 amide bonds. The molecule has 1 fully saturated rings. The van der Waals surface area contributed by atoms with Crippen molar-refractivity contribution in [2.45, 2.75) is 57.5 Å². The number of alkyl halides is 3. The van der Waals surface area contributed by atoms with Gasteiger partial charge in [0.15, 0.2) is 0 Å². The van der Waals surface area contributed by atoms with Gasteiger partial charge in [-0.25, -0.2) is 14.8 Å². The van der Waals surface area contributed by atoms with Crippen LogP contribution in [0.25, 0.3) is 10.9 Å². The number of aryl methyl sites for hydroxylation is 1. The number of thioether (sulfide) groups is 1. The van der Waals surface area contributed by atoms with Crippen LogP contribution in [0.4, 0.5) is 13.2 Å². The molecular weight excluding hydrogens is 555 g/mol. The Morgan fingerprint density at radius 1 is 1.10 bits per heavy atom. The third-order valence-electron chi connectivity index (χ3n) is 6.60. The molecule has 12 heteroatoms. The molecule has 0 aliphatic carbocycles. The zero-order valence-corrected chi connectivity index (χ0v) is 22.7. The lowest BCUT2D eigenvalue weighted by Gasteiger charge is -2.31. The molecule has 0 atom stereocenters. The maximum absolute atomic E-state index is 12.4. The average Bonchev–Trinajstić information content (AvgIpc) is 3.35. The smallest absolute Gasteiger partial charge is 0.475 e. The number of aromatic nitrogens is 4. The van der Waals surface area contributed by atoms with Gasteiger partial charge in [0.25, 0.3) is 5.56 Å². The molecule has 1 aliphatic heterocycles. The first-order valence-corrected chi connectivity index (χ1v) is 13.8. The number of H-pyrrole nitrogens is 1. The van der Waals surface area contributed by atoms with Gasteiger partial charge in [-0.2, -0.15) is 24.9 Å². The predicted octanol–water partition coefficient (Wildman–Crippen LogP) is 5.64. The monoisotopic (exact) mass is 589 g/mol. The van der Waals surface area contributed by atoms with Gasteiger partial charge < -0.3 is 14.7 Å². The highest BCUT2D eigenvalue weighted by atomic mass is 32.2. The molecule has 4 aromatic rings. The minimum atomic E-state index is -5.08. The number of carboxylic acid groups (broad SMARTS) is 1. The van der Waals surface area contributed by atoms with Crippen molar-refractivity contribution in [1.29, 1.82) is 0 Å². The number of halogens is 3. The normalized spacial score (nSPS) is 14.2. The summed E-state index contributed by atoms with van der Waals surface area (Å²) in [5.41, 5.74) is 4.38. The fourth-order valence-corrected chi connectivity index (χ4v) is 5.56. The van der Waals surface area contributed by atoms with Gasteiger partial charge >= 0.3 is 12.1 Å². The third kappa shape index (κ3) is 8.92. The number of nitrogens with zero attached hydrogens (tertiary/aromatic N) is 4. The van der Waals surface area contributed by atoms with Gasteiger partial charge in [-0.05, 0) is 50.0 Å². The van der Waals surface area contributed by atoms with Crippen LogP contribution in [0.2, 0.25) is 0 Å². The number of para-hydroxylation sites is 1. The minimum Gasteiger partial charge on any atom is -0.475 e. The first kappa shape index (κ1) is 31.9. The number of fused-ring (bicyclic) bond motifs is 1. The summed E-state index contributed by atoms with van der Waals surface area (Å²) in [7, 11) is 0. The first-order chi connectivity index (χ1) is 19.1. The number of aliphatic carboxylic acids is 1. The van der Waals surface area contributed by atoms with E-state index in [2.05, 4.69) is 49.8 Å². The molecule has 1 aliphatic rings. The van der Waals surface area contributed by atoms with Crippen molar-refractivity contribution in [1.82, 2.24) is 24.4 Å². The van der Waals surface area contributed by atoms with Gasteiger partial charge in [0, 0.05) is 24.5 Å². The van der Waals surface area contributed by atoms with Crippen molar-refractivity contribution in [2.24, 2.45) is 0 Å². The number of rotatable bonds is 7. The third-order valence-corrected chi connectivity index (χ3v) is 7.98. The van der Waals surface area contributed by atoms with Gasteiger partial charge in [-0.15, -0.1) is 0 Å². The molecule has 2 aromatic carbocycles. The number of nitrogens with one attached hydrogen (secondary N) is 1. The molecule has 2 N–H and O–H groups in total. The zero-order valence-electron chi connectivity index (χ0n) is 21.9. The molecule has 41 heavy (non-hydrogen) atoms. The predicted molar refractivity (Wildman–Crippen MR) is 155 cm³/mol. The van der Waals surface area contributed by atoms with E-state index in [-0.39, 0.29) is 13.0 Å². The lowest BCUT2D eigenvalue weighted by molar-refractivity contribution is -0.192. The Hall–Kier alpha value is -3.64. The van der Waals surface area contributed by atoms with Crippen LogP contribution < -0.4 is 5.56 Å². The van der Waals surface area contributed by atoms with Crippen LogP contribution in [0, 0.1) is 6.92 Å². The molecule has 0 spiro atoms. The largest absolute Gasteiger partial charge is 0.490 e. The van der Waals surface area contributed by atoms with E-state index in [9.17, 15) is 18.0 Å². The van der Waals surface area contributed by atoms with E-state index in [1.54, 1.807) is 0 Å². The fourth-order valence-electron chi connectivity index (χ4n) is 4.48. The quantitative estimate of drug-likeness (QED) is 0.287. The Morgan fingerprint density at radius 2 is 1.78 bits per heavy atom. The summed E-state index contributed by atoms with van der Waals surface area (Å²) in [5, 5.41) is 8.39.